The standard InChI is InChI=1S/C16H19ClN2O/c1-11-4-3-5-14(17)15(11)18-16(20)13-10-19(2)8-6-12(13)7-9-19/h3-5,10,12H,6-9H2,1-2H3/p+1. The lowest BCUT2D eigenvalue weighted by molar-refractivity contribution is -0.870. The maximum absolute atomic E-state index is 12.6. The van der Waals surface area contributed by atoms with E-state index in [0.717, 1.165) is 47.2 Å². The van der Waals surface area contributed by atoms with Gasteiger partial charge < -0.3 is 5.32 Å². The van der Waals surface area contributed by atoms with Crippen molar-refractivity contribution in [1.82, 2.24) is 0 Å². The molecule has 0 aromatic heterocycles. The second kappa shape index (κ2) is 4.90. The van der Waals surface area contributed by atoms with E-state index in [1.807, 2.05) is 25.1 Å². The maximum Gasteiger partial charge on any atom is 0.257 e. The molecule has 4 rings (SSSR count). The highest BCUT2D eigenvalue weighted by Gasteiger charge is 2.40. The molecule has 1 aromatic rings. The molecule has 1 amide bonds. The third-order valence-electron chi connectivity index (χ3n) is 4.59. The summed E-state index contributed by atoms with van der Waals surface area (Å²) in [6.07, 6.45) is 4.35. The number of halogens is 1. The van der Waals surface area contributed by atoms with Crippen molar-refractivity contribution >= 4 is 23.2 Å². The average Bonchev–Trinajstić information content (AvgIpc) is 2.43. The fourth-order valence-electron chi connectivity index (χ4n) is 3.26. The molecule has 3 nitrogen and oxygen atoms in total. The summed E-state index contributed by atoms with van der Waals surface area (Å²) >= 11 is 6.18. The second-order valence-electron chi connectivity index (χ2n) is 6.17. The topological polar surface area (TPSA) is 29.1 Å². The van der Waals surface area contributed by atoms with Crippen LogP contribution in [0.25, 0.3) is 0 Å². The Morgan fingerprint density at radius 1 is 1.35 bits per heavy atom. The predicted molar refractivity (Wildman–Crippen MR) is 81.5 cm³/mol. The third kappa shape index (κ3) is 2.36. The Hall–Kier alpha value is -1.32. The van der Waals surface area contributed by atoms with E-state index < -0.39 is 0 Å². The molecule has 0 unspecified atom stereocenters. The fourth-order valence-corrected chi connectivity index (χ4v) is 3.53. The minimum Gasteiger partial charge on any atom is -0.321 e. The lowest BCUT2D eigenvalue weighted by atomic mass is 9.84. The van der Waals surface area contributed by atoms with Crippen LogP contribution in [-0.2, 0) is 4.79 Å². The predicted octanol–water partition coefficient (Wildman–Crippen LogP) is 3.34. The summed E-state index contributed by atoms with van der Waals surface area (Å²) in [5.41, 5.74) is 2.66. The first-order valence-electron chi connectivity index (χ1n) is 7.12. The lowest BCUT2D eigenvalue weighted by Gasteiger charge is -2.43. The van der Waals surface area contributed by atoms with Crippen molar-refractivity contribution in [3.05, 3.63) is 40.6 Å². The van der Waals surface area contributed by atoms with Crippen LogP contribution < -0.4 is 5.32 Å². The Bertz CT molecular complexity index is 566. The van der Waals surface area contributed by atoms with Crippen molar-refractivity contribution in [3.63, 3.8) is 0 Å². The minimum atomic E-state index is 0.00921. The molecule has 3 aliphatic heterocycles. The molecular weight excluding hydrogens is 272 g/mol. The molecule has 0 radical (unpaired) electrons. The van der Waals surface area contributed by atoms with Gasteiger partial charge in [-0.25, -0.2) is 0 Å². The first-order chi connectivity index (χ1) is 9.48. The monoisotopic (exact) mass is 291 g/mol. The lowest BCUT2D eigenvalue weighted by Crippen LogP contribution is -2.51. The number of aryl methyl sites for hydroxylation is 1. The number of carbonyl (C=O) groups is 1. The van der Waals surface area contributed by atoms with Gasteiger partial charge >= 0.3 is 0 Å². The van der Waals surface area contributed by atoms with E-state index in [0.29, 0.717) is 10.9 Å². The zero-order valence-electron chi connectivity index (χ0n) is 11.9. The highest BCUT2D eigenvalue weighted by Crippen LogP contribution is 2.36. The highest BCUT2D eigenvalue weighted by atomic mass is 35.5. The van der Waals surface area contributed by atoms with Gasteiger partial charge in [0.25, 0.3) is 5.91 Å². The van der Waals surface area contributed by atoms with E-state index in [1.54, 1.807) is 0 Å². The molecule has 2 bridgehead atoms. The largest absolute Gasteiger partial charge is 0.321 e. The maximum atomic E-state index is 12.6. The first-order valence-corrected chi connectivity index (χ1v) is 7.50. The molecule has 0 aliphatic carbocycles. The number of para-hydroxylation sites is 1. The normalized spacial score (nSPS) is 28.1. The molecular formula is C16H20ClN2O+. The second-order valence-corrected chi connectivity index (χ2v) is 6.58. The van der Waals surface area contributed by atoms with Gasteiger partial charge in [0.2, 0.25) is 0 Å². The van der Waals surface area contributed by atoms with Gasteiger partial charge in [-0.15, -0.1) is 0 Å². The summed E-state index contributed by atoms with van der Waals surface area (Å²) in [7, 11) is 2.20. The first kappa shape index (κ1) is 13.7. The van der Waals surface area contributed by atoms with Crippen LogP contribution in [0.3, 0.4) is 0 Å². The summed E-state index contributed by atoms with van der Waals surface area (Å²) in [5.74, 6) is 0.424. The van der Waals surface area contributed by atoms with E-state index in [4.69, 9.17) is 11.6 Å². The molecule has 0 atom stereocenters. The zero-order valence-corrected chi connectivity index (χ0v) is 12.7. The molecule has 1 saturated heterocycles. The van der Waals surface area contributed by atoms with E-state index in [-0.39, 0.29) is 5.91 Å². The SMILES string of the molecule is Cc1cccc(Cl)c1NC(=O)C1=C[N+]2(C)CCC1CC2. The number of anilines is 1. The molecule has 4 heteroatoms. The molecule has 1 fully saturated rings. The van der Waals surface area contributed by atoms with E-state index >= 15 is 0 Å². The number of fused-ring (bicyclic) bond motifs is 2. The van der Waals surface area contributed by atoms with Crippen molar-refractivity contribution in [1.29, 1.82) is 0 Å². The molecule has 1 aromatic carbocycles. The van der Waals surface area contributed by atoms with Crippen LogP contribution in [0.4, 0.5) is 5.69 Å². The third-order valence-corrected chi connectivity index (χ3v) is 4.90. The van der Waals surface area contributed by atoms with E-state index in [9.17, 15) is 4.79 Å². The summed E-state index contributed by atoms with van der Waals surface area (Å²) in [4.78, 5) is 12.6. The zero-order chi connectivity index (χ0) is 14.3. The van der Waals surface area contributed by atoms with Gasteiger partial charge in [-0.2, -0.15) is 0 Å². The number of benzene rings is 1. The van der Waals surface area contributed by atoms with Gasteiger partial charge in [0.15, 0.2) is 0 Å². The smallest absolute Gasteiger partial charge is 0.257 e. The molecule has 1 N–H and O–H groups in total. The van der Waals surface area contributed by atoms with Gasteiger partial charge in [0.05, 0.1) is 36.4 Å². The highest BCUT2D eigenvalue weighted by molar-refractivity contribution is 6.34. The number of carbonyl (C=O) groups excluding carboxylic acids is 1. The van der Waals surface area contributed by atoms with Crippen molar-refractivity contribution in [2.75, 3.05) is 25.5 Å². The van der Waals surface area contributed by atoms with Crippen molar-refractivity contribution in [3.8, 4) is 0 Å². The Labute approximate surface area is 124 Å². The van der Waals surface area contributed by atoms with Crippen LogP contribution in [0.5, 0.6) is 0 Å². The number of nitrogens with one attached hydrogen (secondary N) is 1. The number of rotatable bonds is 2. The van der Waals surface area contributed by atoms with E-state index in [1.165, 1.54) is 0 Å². The Morgan fingerprint density at radius 2 is 2.05 bits per heavy atom. The summed E-state index contributed by atoms with van der Waals surface area (Å²) in [5, 5.41) is 3.60. The van der Waals surface area contributed by atoms with Gasteiger partial charge in [-0.05, 0) is 18.6 Å². The Morgan fingerprint density at radius 3 is 2.65 bits per heavy atom. The summed E-state index contributed by atoms with van der Waals surface area (Å²) in [6.45, 7) is 4.25. The summed E-state index contributed by atoms with van der Waals surface area (Å²) < 4.78 is 0.890. The van der Waals surface area contributed by atoms with Crippen molar-refractivity contribution in [2.24, 2.45) is 5.92 Å². The molecule has 20 heavy (non-hydrogen) atoms. The molecule has 0 saturated carbocycles. The van der Waals surface area contributed by atoms with Gasteiger partial charge in [0, 0.05) is 18.8 Å². The minimum absolute atomic E-state index is 0.00921. The molecule has 0 spiro atoms. The van der Waals surface area contributed by atoms with Crippen molar-refractivity contribution in [2.45, 2.75) is 19.8 Å². The molecule has 106 valence electrons. The van der Waals surface area contributed by atoms with Crippen LogP contribution in [0.1, 0.15) is 18.4 Å². The number of nitrogens with zero attached hydrogens (tertiary/aromatic N) is 1. The van der Waals surface area contributed by atoms with Gasteiger partial charge in [-0.1, -0.05) is 23.7 Å². The van der Waals surface area contributed by atoms with Crippen LogP contribution in [-0.4, -0.2) is 30.5 Å². The Balaban J connectivity index is 1.86. The van der Waals surface area contributed by atoms with Crippen LogP contribution in [0.15, 0.2) is 30.0 Å². The Kier molecular flexibility index (Phi) is 3.35. The number of quaternary nitrogens is 1. The quantitative estimate of drug-likeness (QED) is 0.832. The van der Waals surface area contributed by atoms with Crippen LogP contribution >= 0.6 is 11.6 Å². The average molecular weight is 292 g/mol. The van der Waals surface area contributed by atoms with Crippen molar-refractivity contribution < 1.29 is 9.28 Å². The number of piperidine rings is 1. The van der Waals surface area contributed by atoms with Gasteiger partial charge in [-0.3, -0.25) is 9.28 Å². The number of hydrogen-bond donors (Lipinski definition) is 1. The number of hydrogen-bond acceptors (Lipinski definition) is 1. The van der Waals surface area contributed by atoms with Crippen LogP contribution in [0.2, 0.25) is 5.02 Å². The van der Waals surface area contributed by atoms with Crippen LogP contribution in [0, 0.1) is 12.8 Å². The fraction of sp³-hybridized carbons (Fsp3) is 0.438. The van der Waals surface area contributed by atoms with E-state index in [2.05, 4.69) is 18.6 Å². The summed E-state index contributed by atoms with van der Waals surface area (Å²) in [6, 6.07) is 5.66. The molecule has 3 aliphatic rings. The number of amides is 1. The van der Waals surface area contributed by atoms with Gasteiger partial charge in [0.1, 0.15) is 6.20 Å². The molecule has 3 heterocycles.